The van der Waals surface area contributed by atoms with E-state index in [9.17, 15) is 18.4 Å². The number of Topliss-reactive ketones (excluding diaryl/α,β-unsaturated/α-hetero) is 1. The zero-order valence-corrected chi connectivity index (χ0v) is 16.9. The maximum atomic E-state index is 14.1. The predicted molar refractivity (Wildman–Crippen MR) is 113 cm³/mol. The number of H-pyrrole nitrogens is 1. The van der Waals surface area contributed by atoms with E-state index in [0.717, 1.165) is 0 Å². The van der Waals surface area contributed by atoms with Crippen molar-refractivity contribution < 1.29 is 18.4 Å². The van der Waals surface area contributed by atoms with E-state index in [-0.39, 0.29) is 35.6 Å². The number of benzene rings is 2. The first-order valence-electron chi connectivity index (χ1n) is 10.0. The lowest BCUT2D eigenvalue weighted by molar-refractivity contribution is 0.0621. The Morgan fingerprint density at radius 2 is 1.81 bits per heavy atom. The van der Waals surface area contributed by atoms with E-state index in [2.05, 4.69) is 16.8 Å². The van der Waals surface area contributed by atoms with E-state index in [1.54, 1.807) is 17.0 Å². The summed E-state index contributed by atoms with van der Waals surface area (Å²) >= 11 is 0. The van der Waals surface area contributed by atoms with Gasteiger partial charge in [-0.3, -0.25) is 19.6 Å². The zero-order chi connectivity index (χ0) is 22.0. The summed E-state index contributed by atoms with van der Waals surface area (Å²) in [6.07, 6.45) is 1.97. The van der Waals surface area contributed by atoms with Crippen molar-refractivity contribution in [1.82, 2.24) is 20.0 Å². The summed E-state index contributed by atoms with van der Waals surface area (Å²) in [5.41, 5.74) is 1.65. The van der Waals surface area contributed by atoms with Crippen molar-refractivity contribution in [1.29, 1.82) is 0 Å². The van der Waals surface area contributed by atoms with E-state index >= 15 is 0 Å². The molecule has 0 radical (unpaired) electrons. The van der Waals surface area contributed by atoms with Crippen LogP contribution in [0.25, 0.3) is 10.9 Å². The van der Waals surface area contributed by atoms with Gasteiger partial charge in [0, 0.05) is 37.1 Å². The van der Waals surface area contributed by atoms with Crippen molar-refractivity contribution in [2.45, 2.75) is 6.42 Å². The number of rotatable bonds is 6. The number of hydrogen-bond donors (Lipinski definition) is 1. The minimum absolute atomic E-state index is 0.0881. The second-order valence-electron chi connectivity index (χ2n) is 7.55. The van der Waals surface area contributed by atoms with E-state index in [1.807, 2.05) is 4.90 Å². The van der Waals surface area contributed by atoms with Gasteiger partial charge in [-0.25, -0.2) is 8.78 Å². The molecule has 0 bridgehead atoms. The number of carbonyl (C=O) groups is 2. The quantitative estimate of drug-likeness (QED) is 0.487. The lowest BCUT2D eigenvalue weighted by Gasteiger charge is -2.34. The molecule has 3 aromatic rings. The molecule has 1 aromatic heterocycles. The molecule has 160 valence electrons. The molecular formula is C23H22F2N4O2. The number of aromatic nitrogens is 2. The number of hydrogen-bond acceptors (Lipinski definition) is 4. The third-order valence-electron chi connectivity index (χ3n) is 5.49. The van der Waals surface area contributed by atoms with Crippen LogP contribution < -0.4 is 0 Å². The number of ketones is 1. The Bertz CT molecular complexity index is 1130. The van der Waals surface area contributed by atoms with Crippen molar-refractivity contribution in [3.8, 4) is 0 Å². The van der Waals surface area contributed by atoms with Gasteiger partial charge >= 0.3 is 0 Å². The summed E-state index contributed by atoms with van der Waals surface area (Å²) in [7, 11) is 0. The normalized spacial score (nSPS) is 14.7. The molecule has 31 heavy (non-hydrogen) atoms. The first kappa shape index (κ1) is 20.9. The molecule has 1 saturated heterocycles. The van der Waals surface area contributed by atoms with Crippen LogP contribution >= 0.6 is 0 Å². The number of piperazine rings is 1. The molecular weight excluding hydrogens is 402 g/mol. The second kappa shape index (κ2) is 8.77. The molecule has 8 heteroatoms. The molecule has 0 atom stereocenters. The van der Waals surface area contributed by atoms with Gasteiger partial charge in [-0.05, 0) is 48.4 Å². The van der Waals surface area contributed by atoms with Gasteiger partial charge in [-0.2, -0.15) is 5.10 Å². The van der Waals surface area contributed by atoms with Crippen LogP contribution in [0, 0.1) is 11.6 Å². The fraction of sp³-hybridized carbons (Fsp3) is 0.261. The number of halogens is 2. The number of nitrogens with zero attached hydrogens (tertiary/aromatic N) is 3. The highest BCUT2D eigenvalue weighted by Crippen LogP contribution is 2.23. The highest BCUT2D eigenvalue weighted by molar-refractivity contribution is 6.05. The summed E-state index contributed by atoms with van der Waals surface area (Å²) in [4.78, 5) is 29.1. The maximum absolute atomic E-state index is 14.1. The first-order chi connectivity index (χ1) is 15.0. The molecule has 0 saturated carbocycles. The number of aromatic amines is 1. The predicted octanol–water partition coefficient (Wildman–Crippen LogP) is 3.21. The summed E-state index contributed by atoms with van der Waals surface area (Å²) in [5, 5.41) is 7.43. The van der Waals surface area contributed by atoms with Crippen LogP contribution in [-0.4, -0.2) is 64.4 Å². The highest BCUT2D eigenvalue weighted by atomic mass is 19.1. The lowest BCUT2D eigenvalue weighted by Crippen LogP contribution is -2.50. The highest BCUT2D eigenvalue weighted by Gasteiger charge is 2.26. The first-order valence-corrected chi connectivity index (χ1v) is 10.0. The van der Waals surface area contributed by atoms with Crippen LogP contribution in [0.1, 0.15) is 26.4 Å². The van der Waals surface area contributed by atoms with E-state index in [0.29, 0.717) is 54.6 Å². The lowest BCUT2D eigenvalue weighted by atomic mass is 10.1. The fourth-order valence-corrected chi connectivity index (χ4v) is 3.75. The van der Waals surface area contributed by atoms with Crippen LogP contribution in [0.5, 0.6) is 0 Å². The van der Waals surface area contributed by atoms with Gasteiger partial charge in [-0.15, -0.1) is 6.58 Å². The molecule has 0 aliphatic carbocycles. The topological polar surface area (TPSA) is 69.3 Å². The van der Waals surface area contributed by atoms with Crippen molar-refractivity contribution in [3.05, 3.63) is 77.5 Å². The fourth-order valence-electron chi connectivity index (χ4n) is 3.75. The van der Waals surface area contributed by atoms with Gasteiger partial charge in [0.05, 0.1) is 12.1 Å². The van der Waals surface area contributed by atoms with Crippen molar-refractivity contribution >= 4 is 22.6 Å². The summed E-state index contributed by atoms with van der Waals surface area (Å²) in [5.74, 6) is -1.06. The number of carbonyl (C=O) groups excluding carboxylic acids is 2. The number of fused-ring (bicyclic) bond motifs is 1. The molecule has 6 nitrogen and oxygen atoms in total. The molecule has 2 aromatic carbocycles. The second-order valence-corrected chi connectivity index (χ2v) is 7.55. The molecule has 1 fully saturated rings. The minimum Gasteiger partial charge on any atom is -0.335 e. The largest absolute Gasteiger partial charge is 0.335 e. The Morgan fingerprint density at radius 1 is 1.10 bits per heavy atom. The maximum Gasteiger partial charge on any atom is 0.275 e. The molecule has 0 spiro atoms. The molecule has 1 N–H and O–H groups in total. The number of allylic oxidation sites excluding steroid dienone is 1. The Labute approximate surface area is 178 Å². The third kappa shape index (κ3) is 4.39. The minimum atomic E-state index is -0.381. The van der Waals surface area contributed by atoms with Crippen LogP contribution in [0.2, 0.25) is 0 Å². The van der Waals surface area contributed by atoms with Gasteiger partial charge in [-0.1, -0.05) is 6.08 Å². The molecule has 2 heterocycles. The third-order valence-corrected chi connectivity index (χ3v) is 5.49. The van der Waals surface area contributed by atoms with E-state index in [4.69, 9.17) is 0 Å². The van der Waals surface area contributed by atoms with E-state index < -0.39 is 0 Å². The van der Waals surface area contributed by atoms with Gasteiger partial charge in [0.15, 0.2) is 11.5 Å². The van der Waals surface area contributed by atoms with Crippen molar-refractivity contribution in [2.24, 2.45) is 0 Å². The molecule has 1 aliphatic rings. The average molecular weight is 424 g/mol. The van der Waals surface area contributed by atoms with Gasteiger partial charge in [0.2, 0.25) is 0 Å². The Kier molecular flexibility index (Phi) is 5.90. The SMILES string of the molecule is C=CCc1cc2c(C(=O)N3CCN(CC(=O)c4ccc(F)cc4)CC3)n[nH]c2cc1F. The smallest absolute Gasteiger partial charge is 0.275 e. The van der Waals surface area contributed by atoms with Crippen molar-refractivity contribution in [3.63, 3.8) is 0 Å². The summed E-state index contributed by atoms with van der Waals surface area (Å²) < 4.78 is 27.2. The molecule has 0 unspecified atom stereocenters. The Balaban J connectivity index is 1.41. The van der Waals surface area contributed by atoms with Crippen LogP contribution in [0.4, 0.5) is 8.78 Å². The number of nitrogens with one attached hydrogen (secondary N) is 1. The Hall–Kier alpha value is -3.39. The Morgan fingerprint density at radius 3 is 2.48 bits per heavy atom. The van der Waals surface area contributed by atoms with Gasteiger partial charge in [0.25, 0.3) is 5.91 Å². The molecule has 1 amide bonds. The van der Waals surface area contributed by atoms with Crippen LogP contribution in [0.3, 0.4) is 0 Å². The average Bonchev–Trinajstić information content (AvgIpc) is 3.17. The van der Waals surface area contributed by atoms with Gasteiger partial charge in [0.1, 0.15) is 11.6 Å². The molecule has 4 rings (SSSR count). The van der Waals surface area contributed by atoms with Crippen LogP contribution in [-0.2, 0) is 6.42 Å². The van der Waals surface area contributed by atoms with E-state index in [1.165, 1.54) is 30.3 Å². The summed E-state index contributed by atoms with van der Waals surface area (Å²) in [6.45, 7) is 5.82. The summed E-state index contributed by atoms with van der Waals surface area (Å²) in [6, 6.07) is 8.47. The van der Waals surface area contributed by atoms with Crippen molar-refractivity contribution in [2.75, 3.05) is 32.7 Å². The number of amides is 1. The monoisotopic (exact) mass is 424 g/mol. The standard InChI is InChI=1S/C23H22F2N4O2/c1-2-3-16-12-18-20(13-19(16)25)26-27-22(18)23(31)29-10-8-28(9-11-29)14-21(30)15-4-6-17(24)7-5-15/h2,4-7,12-13H,1,3,8-11,14H2,(H,26,27). The van der Waals surface area contributed by atoms with Gasteiger partial charge < -0.3 is 4.90 Å². The molecule has 1 aliphatic heterocycles. The van der Waals surface area contributed by atoms with Crippen LogP contribution in [0.15, 0.2) is 49.1 Å². The zero-order valence-electron chi connectivity index (χ0n) is 16.9.